The highest BCUT2D eigenvalue weighted by atomic mass is 16.4. The number of likely N-dealkylation sites (tertiary alicyclic amines) is 1. The molecule has 0 atom stereocenters. The Morgan fingerprint density at radius 1 is 1.33 bits per heavy atom. The minimum atomic E-state index is -0.803. The summed E-state index contributed by atoms with van der Waals surface area (Å²) in [5, 5.41) is 18.7. The molecule has 1 aromatic rings. The van der Waals surface area contributed by atoms with Crippen LogP contribution in [0.2, 0.25) is 0 Å². The number of nitrogens with zero attached hydrogens (tertiary/aromatic N) is 4. The SMILES string of the molecule is CC(=O)c1cc(C#N)c(N2CCC(C(=O)O)CC2)nc1CN1CCCC1=O. The molecular weight excluding hydrogens is 348 g/mol. The highest BCUT2D eigenvalue weighted by Gasteiger charge is 2.28. The number of aromatic nitrogens is 1. The number of hydrogen-bond donors (Lipinski definition) is 1. The maximum atomic E-state index is 12.1. The van der Waals surface area contributed by atoms with E-state index in [4.69, 9.17) is 5.11 Å². The maximum Gasteiger partial charge on any atom is 0.306 e. The number of ketones is 1. The second kappa shape index (κ2) is 7.74. The lowest BCUT2D eigenvalue weighted by Gasteiger charge is -2.32. The number of carboxylic acid groups (broad SMARTS) is 1. The van der Waals surface area contributed by atoms with Crippen molar-refractivity contribution < 1.29 is 19.5 Å². The predicted molar refractivity (Wildman–Crippen MR) is 96.2 cm³/mol. The molecule has 1 aromatic heterocycles. The summed E-state index contributed by atoms with van der Waals surface area (Å²) >= 11 is 0. The van der Waals surface area contributed by atoms with Gasteiger partial charge in [-0.05, 0) is 32.3 Å². The number of carbonyl (C=O) groups is 3. The number of rotatable bonds is 5. The zero-order chi connectivity index (χ0) is 19.6. The van der Waals surface area contributed by atoms with Crippen molar-refractivity contribution in [3.05, 3.63) is 22.9 Å². The molecule has 0 saturated carbocycles. The number of Topliss-reactive ketones (excluding diaryl/α,β-unsaturated/α-hetero) is 1. The number of aliphatic carboxylic acids is 1. The molecule has 0 aromatic carbocycles. The van der Waals surface area contributed by atoms with Crippen LogP contribution in [0.5, 0.6) is 0 Å². The summed E-state index contributed by atoms with van der Waals surface area (Å²) in [6, 6.07) is 3.64. The van der Waals surface area contributed by atoms with E-state index in [1.54, 1.807) is 11.0 Å². The van der Waals surface area contributed by atoms with E-state index in [9.17, 15) is 19.6 Å². The molecule has 1 N–H and O–H groups in total. The molecule has 1 amide bonds. The highest BCUT2D eigenvalue weighted by Crippen LogP contribution is 2.28. The molecule has 2 fully saturated rings. The van der Waals surface area contributed by atoms with Crippen LogP contribution in [0.15, 0.2) is 6.07 Å². The molecule has 2 aliphatic rings. The van der Waals surface area contributed by atoms with Gasteiger partial charge in [0, 0.05) is 31.6 Å². The summed E-state index contributed by atoms with van der Waals surface area (Å²) in [4.78, 5) is 43.4. The average Bonchev–Trinajstić information content (AvgIpc) is 3.06. The number of anilines is 1. The van der Waals surface area contributed by atoms with E-state index in [0.717, 1.165) is 6.42 Å². The molecule has 2 saturated heterocycles. The number of hydrogen-bond acceptors (Lipinski definition) is 6. The van der Waals surface area contributed by atoms with E-state index in [0.29, 0.717) is 61.5 Å². The van der Waals surface area contributed by atoms with Gasteiger partial charge in [0.05, 0.1) is 23.7 Å². The molecule has 0 unspecified atom stereocenters. The molecule has 3 heterocycles. The normalized spacial score (nSPS) is 17.9. The molecule has 27 heavy (non-hydrogen) atoms. The van der Waals surface area contributed by atoms with Crippen molar-refractivity contribution in [3.8, 4) is 6.07 Å². The van der Waals surface area contributed by atoms with E-state index in [-0.39, 0.29) is 24.2 Å². The Morgan fingerprint density at radius 3 is 2.56 bits per heavy atom. The van der Waals surface area contributed by atoms with Crippen LogP contribution in [-0.4, -0.2) is 52.3 Å². The molecular formula is C19H22N4O4. The lowest BCUT2D eigenvalue weighted by Crippen LogP contribution is -2.37. The van der Waals surface area contributed by atoms with Gasteiger partial charge in [0.15, 0.2) is 5.78 Å². The van der Waals surface area contributed by atoms with Gasteiger partial charge in [-0.2, -0.15) is 5.26 Å². The van der Waals surface area contributed by atoms with Gasteiger partial charge < -0.3 is 14.9 Å². The Bertz CT molecular complexity index is 822. The van der Waals surface area contributed by atoms with E-state index in [1.807, 2.05) is 4.90 Å². The van der Waals surface area contributed by atoms with E-state index >= 15 is 0 Å². The van der Waals surface area contributed by atoms with Crippen LogP contribution in [-0.2, 0) is 16.1 Å². The Hall–Kier alpha value is -2.95. The maximum absolute atomic E-state index is 12.1. The summed E-state index contributed by atoms with van der Waals surface area (Å²) in [6.45, 7) is 3.28. The first-order valence-electron chi connectivity index (χ1n) is 9.11. The fourth-order valence-electron chi connectivity index (χ4n) is 3.68. The number of piperidine rings is 1. The second-order valence-electron chi connectivity index (χ2n) is 7.04. The van der Waals surface area contributed by atoms with Crippen molar-refractivity contribution in [3.63, 3.8) is 0 Å². The minimum Gasteiger partial charge on any atom is -0.481 e. The summed E-state index contributed by atoms with van der Waals surface area (Å²) in [5.41, 5.74) is 1.15. The monoisotopic (exact) mass is 370 g/mol. The molecule has 0 bridgehead atoms. The molecule has 0 aliphatic carbocycles. The number of carboxylic acids is 1. The third kappa shape index (κ3) is 3.92. The van der Waals surface area contributed by atoms with E-state index in [2.05, 4.69) is 11.1 Å². The fraction of sp³-hybridized carbons (Fsp3) is 0.526. The zero-order valence-electron chi connectivity index (χ0n) is 15.3. The fourth-order valence-corrected chi connectivity index (χ4v) is 3.68. The third-order valence-electron chi connectivity index (χ3n) is 5.24. The molecule has 142 valence electrons. The summed E-state index contributed by atoms with van der Waals surface area (Å²) in [5.74, 6) is -0.877. The Balaban J connectivity index is 1.92. The third-order valence-corrected chi connectivity index (χ3v) is 5.24. The average molecular weight is 370 g/mol. The van der Waals surface area contributed by atoms with Crippen LogP contribution < -0.4 is 4.90 Å². The summed E-state index contributed by atoms with van der Waals surface area (Å²) in [6.07, 6.45) is 2.26. The largest absolute Gasteiger partial charge is 0.481 e. The molecule has 0 radical (unpaired) electrons. The van der Waals surface area contributed by atoms with Crippen LogP contribution in [0, 0.1) is 17.2 Å². The lowest BCUT2D eigenvalue weighted by atomic mass is 9.96. The van der Waals surface area contributed by atoms with E-state index in [1.165, 1.54) is 6.92 Å². The van der Waals surface area contributed by atoms with Gasteiger partial charge in [-0.3, -0.25) is 14.4 Å². The van der Waals surface area contributed by atoms with Crippen LogP contribution >= 0.6 is 0 Å². The van der Waals surface area contributed by atoms with Crippen LogP contribution in [0.1, 0.15) is 54.2 Å². The van der Waals surface area contributed by atoms with Crippen molar-refractivity contribution >= 4 is 23.5 Å². The molecule has 8 nitrogen and oxygen atoms in total. The Labute approximate surface area is 157 Å². The Morgan fingerprint density at radius 2 is 2.04 bits per heavy atom. The first-order chi connectivity index (χ1) is 12.9. The first-order valence-corrected chi connectivity index (χ1v) is 9.11. The van der Waals surface area contributed by atoms with Gasteiger partial charge in [0.1, 0.15) is 11.9 Å². The number of carbonyl (C=O) groups excluding carboxylic acids is 2. The van der Waals surface area contributed by atoms with Crippen LogP contribution in [0.25, 0.3) is 0 Å². The lowest BCUT2D eigenvalue weighted by molar-refractivity contribution is -0.142. The first kappa shape index (κ1) is 18.8. The van der Waals surface area contributed by atoms with Crippen molar-refractivity contribution in [1.82, 2.24) is 9.88 Å². The van der Waals surface area contributed by atoms with E-state index < -0.39 is 5.97 Å². The Kier molecular flexibility index (Phi) is 5.40. The second-order valence-corrected chi connectivity index (χ2v) is 7.04. The van der Waals surface area contributed by atoms with Gasteiger partial charge in [0.2, 0.25) is 5.91 Å². The molecule has 2 aliphatic heterocycles. The summed E-state index contributed by atoms with van der Waals surface area (Å²) < 4.78 is 0. The van der Waals surface area contributed by atoms with Gasteiger partial charge in [0.25, 0.3) is 0 Å². The van der Waals surface area contributed by atoms with Gasteiger partial charge in [-0.25, -0.2) is 4.98 Å². The van der Waals surface area contributed by atoms with Gasteiger partial charge >= 0.3 is 5.97 Å². The predicted octanol–water partition coefficient (Wildman–Crippen LogP) is 1.58. The number of pyridine rings is 1. The van der Waals surface area contributed by atoms with Gasteiger partial charge in [-0.15, -0.1) is 0 Å². The van der Waals surface area contributed by atoms with Crippen molar-refractivity contribution in [2.24, 2.45) is 5.92 Å². The highest BCUT2D eigenvalue weighted by molar-refractivity contribution is 5.96. The summed E-state index contributed by atoms with van der Waals surface area (Å²) in [7, 11) is 0. The minimum absolute atomic E-state index is 0.0412. The smallest absolute Gasteiger partial charge is 0.306 e. The molecule has 8 heteroatoms. The topological polar surface area (TPSA) is 115 Å². The standard InChI is InChI=1S/C19H22N4O4/c1-12(24)15-9-14(10-20)18(22-7-4-13(5-8-22)19(26)27)21-16(15)11-23-6-2-3-17(23)25/h9,13H,2-8,11H2,1H3,(H,26,27). The van der Waals surface area contributed by atoms with Crippen molar-refractivity contribution in [2.45, 2.75) is 39.2 Å². The number of nitriles is 1. The van der Waals surface area contributed by atoms with Gasteiger partial charge in [-0.1, -0.05) is 0 Å². The molecule has 0 spiro atoms. The quantitative estimate of drug-likeness (QED) is 0.783. The molecule has 3 rings (SSSR count). The van der Waals surface area contributed by atoms with Crippen LogP contribution in [0.4, 0.5) is 5.82 Å². The number of amides is 1. The van der Waals surface area contributed by atoms with Crippen molar-refractivity contribution in [1.29, 1.82) is 5.26 Å². The van der Waals surface area contributed by atoms with Crippen LogP contribution in [0.3, 0.4) is 0 Å². The van der Waals surface area contributed by atoms with Crippen molar-refractivity contribution in [2.75, 3.05) is 24.5 Å². The zero-order valence-corrected chi connectivity index (χ0v) is 15.3.